The van der Waals surface area contributed by atoms with Crippen molar-refractivity contribution in [1.29, 1.82) is 0 Å². The summed E-state index contributed by atoms with van der Waals surface area (Å²) in [4.78, 5) is 12.0. The van der Waals surface area contributed by atoms with Crippen molar-refractivity contribution >= 4 is 10.9 Å². The van der Waals surface area contributed by atoms with Crippen molar-refractivity contribution in [2.75, 3.05) is 0 Å². The first-order valence-electron chi connectivity index (χ1n) is 5.69. The van der Waals surface area contributed by atoms with E-state index in [1.807, 2.05) is 12.1 Å². The molecule has 2 rings (SSSR count). The van der Waals surface area contributed by atoms with E-state index < -0.39 is 0 Å². The van der Waals surface area contributed by atoms with E-state index in [0.717, 1.165) is 0 Å². The molecule has 1 aromatic carbocycles. The van der Waals surface area contributed by atoms with Gasteiger partial charge in [0.25, 0.3) is 5.56 Å². The summed E-state index contributed by atoms with van der Waals surface area (Å²) in [6, 6.07) is 7.15. The smallest absolute Gasteiger partial charge is 0.277 e. The second-order valence-corrected chi connectivity index (χ2v) is 4.13. The minimum Gasteiger partial charge on any atom is -0.393 e. The van der Waals surface area contributed by atoms with Crippen LogP contribution < -0.4 is 5.56 Å². The Morgan fingerprint density at radius 1 is 1.41 bits per heavy atom. The van der Waals surface area contributed by atoms with Gasteiger partial charge in [-0.1, -0.05) is 17.3 Å². The maximum atomic E-state index is 12.0. The predicted octanol–water partition coefficient (Wildman–Crippen LogP) is 0.952. The van der Waals surface area contributed by atoms with Crippen molar-refractivity contribution in [2.45, 2.75) is 32.4 Å². The molecule has 1 heterocycles. The van der Waals surface area contributed by atoms with Crippen molar-refractivity contribution in [3.8, 4) is 0 Å². The Labute approximate surface area is 98.7 Å². The average molecular weight is 233 g/mol. The fourth-order valence-corrected chi connectivity index (χ4v) is 1.71. The third-order valence-corrected chi connectivity index (χ3v) is 2.62. The first kappa shape index (κ1) is 11.7. The highest BCUT2D eigenvalue weighted by molar-refractivity contribution is 5.76. The zero-order valence-electron chi connectivity index (χ0n) is 9.71. The van der Waals surface area contributed by atoms with Crippen LogP contribution in [0.25, 0.3) is 10.9 Å². The van der Waals surface area contributed by atoms with Crippen molar-refractivity contribution in [3.05, 3.63) is 34.6 Å². The fraction of sp³-hybridized carbons (Fsp3) is 0.417. The third-order valence-electron chi connectivity index (χ3n) is 2.62. The molecular weight excluding hydrogens is 218 g/mol. The number of aromatic nitrogens is 3. The molecular formula is C12H15N3O2. The van der Waals surface area contributed by atoms with Gasteiger partial charge in [0.05, 0.1) is 11.5 Å². The molecule has 5 heteroatoms. The number of hydrogen-bond donors (Lipinski definition) is 1. The molecule has 0 aliphatic carbocycles. The Bertz CT molecular complexity index is 563. The van der Waals surface area contributed by atoms with Crippen molar-refractivity contribution in [2.24, 2.45) is 0 Å². The molecule has 0 bridgehead atoms. The van der Waals surface area contributed by atoms with Crippen LogP contribution >= 0.6 is 0 Å². The molecule has 0 fully saturated rings. The van der Waals surface area contributed by atoms with Gasteiger partial charge in [0.2, 0.25) is 0 Å². The van der Waals surface area contributed by atoms with Crippen molar-refractivity contribution < 1.29 is 5.11 Å². The molecule has 0 saturated heterocycles. The first-order chi connectivity index (χ1) is 8.18. The van der Waals surface area contributed by atoms with Crippen LogP contribution in [0.2, 0.25) is 0 Å². The van der Waals surface area contributed by atoms with Crippen LogP contribution in [0.3, 0.4) is 0 Å². The number of fused-ring (bicyclic) bond motifs is 1. The summed E-state index contributed by atoms with van der Waals surface area (Å²) in [5.41, 5.74) is 0.491. The molecule has 17 heavy (non-hydrogen) atoms. The van der Waals surface area contributed by atoms with Gasteiger partial charge in [-0.25, -0.2) is 4.68 Å². The molecule has 0 aliphatic heterocycles. The highest BCUT2D eigenvalue weighted by Gasteiger charge is 2.04. The number of aliphatic hydroxyl groups excluding tert-OH is 1. The minimum atomic E-state index is -0.348. The summed E-state index contributed by atoms with van der Waals surface area (Å²) >= 11 is 0. The van der Waals surface area contributed by atoms with Gasteiger partial charge in [0.1, 0.15) is 5.52 Å². The molecule has 1 N–H and O–H groups in total. The summed E-state index contributed by atoms with van der Waals surface area (Å²) < 4.78 is 1.35. The summed E-state index contributed by atoms with van der Waals surface area (Å²) in [7, 11) is 0. The highest BCUT2D eigenvalue weighted by atomic mass is 16.3. The van der Waals surface area contributed by atoms with Gasteiger partial charge < -0.3 is 5.11 Å². The zero-order chi connectivity index (χ0) is 12.3. The Morgan fingerprint density at radius 2 is 2.18 bits per heavy atom. The first-order valence-corrected chi connectivity index (χ1v) is 5.69. The Hall–Kier alpha value is -1.75. The van der Waals surface area contributed by atoms with Crippen LogP contribution in [0.15, 0.2) is 29.1 Å². The normalized spacial score (nSPS) is 12.8. The van der Waals surface area contributed by atoms with Gasteiger partial charge in [-0.3, -0.25) is 4.79 Å². The molecule has 0 aliphatic rings. The molecule has 0 radical (unpaired) electrons. The largest absolute Gasteiger partial charge is 0.393 e. The summed E-state index contributed by atoms with van der Waals surface area (Å²) in [5.74, 6) is 0. The van der Waals surface area contributed by atoms with E-state index in [0.29, 0.717) is 30.3 Å². The Balaban J connectivity index is 2.24. The Kier molecular flexibility index (Phi) is 3.49. The van der Waals surface area contributed by atoms with Crippen LogP contribution in [0.1, 0.15) is 19.8 Å². The topological polar surface area (TPSA) is 68.0 Å². The summed E-state index contributed by atoms with van der Waals surface area (Å²) in [6.45, 7) is 2.22. The van der Waals surface area contributed by atoms with E-state index in [9.17, 15) is 4.79 Å². The number of aliphatic hydroxyl groups is 1. The number of aryl methyl sites for hydroxylation is 1. The van der Waals surface area contributed by atoms with Gasteiger partial charge in [0, 0.05) is 6.54 Å². The van der Waals surface area contributed by atoms with Gasteiger partial charge in [-0.15, -0.1) is 5.10 Å². The van der Waals surface area contributed by atoms with Gasteiger partial charge >= 0.3 is 0 Å². The lowest BCUT2D eigenvalue weighted by Crippen LogP contribution is -2.24. The van der Waals surface area contributed by atoms with E-state index >= 15 is 0 Å². The maximum Gasteiger partial charge on any atom is 0.277 e. The lowest BCUT2D eigenvalue weighted by atomic mass is 10.2. The number of rotatable bonds is 4. The van der Waals surface area contributed by atoms with Crippen LogP contribution in [0.5, 0.6) is 0 Å². The van der Waals surface area contributed by atoms with Crippen LogP contribution in [-0.4, -0.2) is 26.2 Å². The zero-order valence-corrected chi connectivity index (χ0v) is 9.71. The monoisotopic (exact) mass is 233 g/mol. The summed E-state index contributed by atoms with van der Waals surface area (Å²) in [5, 5.41) is 17.6. The van der Waals surface area contributed by atoms with Crippen molar-refractivity contribution in [1.82, 2.24) is 15.0 Å². The summed E-state index contributed by atoms with van der Waals surface area (Å²) in [6.07, 6.45) is 1.02. The third kappa shape index (κ3) is 2.68. The van der Waals surface area contributed by atoms with E-state index in [1.165, 1.54) is 4.68 Å². The molecule has 1 unspecified atom stereocenters. The predicted molar refractivity (Wildman–Crippen MR) is 64.7 cm³/mol. The molecule has 0 spiro atoms. The lowest BCUT2D eigenvalue weighted by molar-refractivity contribution is 0.178. The second-order valence-electron chi connectivity index (χ2n) is 4.13. The highest BCUT2D eigenvalue weighted by Crippen LogP contribution is 2.04. The maximum absolute atomic E-state index is 12.0. The average Bonchev–Trinajstić information content (AvgIpc) is 2.32. The lowest BCUT2D eigenvalue weighted by Gasteiger charge is -2.05. The van der Waals surface area contributed by atoms with Gasteiger partial charge in [0.15, 0.2) is 0 Å². The number of benzene rings is 1. The minimum absolute atomic E-state index is 0.124. The SMILES string of the molecule is CC(O)CCCn1nnc2ccccc2c1=O. The quantitative estimate of drug-likeness (QED) is 0.853. The standard InChI is InChI=1S/C12H15N3O2/c1-9(16)5-4-8-15-12(17)10-6-2-3-7-11(10)13-14-15/h2-3,6-7,9,16H,4-5,8H2,1H3. The van der Waals surface area contributed by atoms with E-state index in [2.05, 4.69) is 10.3 Å². The number of nitrogens with zero attached hydrogens (tertiary/aromatic N) is 3. The van der Waals surface area contributed by atoms with Crippen LogP contribution in [0.4, 0.5) is 0 Å². The van der Waals surface area contributed by atoms with Crippen molar-refractivity contribution in [3.63, 3.8) is 0 Å². The molecule has 0 amide bonds. The number of hydrogen-bond acceptors (Lipinski definition) is 4. The van der Waals surface area contributed by atoms with Gasteiger partial charge in [-0.05, 0) is 31.9 Å². The van der Waals surface area contributed by atoms with E-state index in [4.69, 9.17) is 5.11 Å². The fourth-order valence-electron chi connectivity index (χ4n) is 1.71. The molecule has 2 aromatic rings. The molecule has 1 aromatic heterocycles. The Morgan fingerprint density at radius 3 is 2.94 bits per heavy atom. The van der Waals surface area contributed by atoms with Gasteiger partial charge in [-0.2, -0.15) is 0 Å². The second kappa shape index (κ2) is 5.05. The molecule has 90 valence electrons. The van der Waals surface area contributed by atoms with E-state index in [-0.39, 0.29) is 11.7 Å². The van der Waals surface area contributed by atoms with E-state index in [1.54, 1.807) is 19.1 Å². The molecule has 5 nitrogen and oxygen atoms in total. The molecule has 1 atom stereocenters. The van der Waals surface area contributed by atoms with Crippen LogP contribution in [0, 0.1) is 0 Å². The molecule has 0 saturated carbocycles. The van der Waals surface area contributed by atoms with Crippen LogP contribution in [-0.2, 0) is 6.54 Å².